The quantitative estimate of drug-likeness (QED) is 0.370. The van der Waals surface area contributed by atoms with E-state index in [4.69, 9.17) is 23.7 Å². The van der Waals surface area contributed by atoms with Gasteiger partial charge in [0.2, 0.25) is 5.91 Å². The van der Waals surface area contributed by atoms with Crippen molar-refractivity contribution in [2.24, 2.45) is 5.92 Å². The lowest BCUT2D eigenvalue weighted by Crippen LogP contribution is -2.48. The summed E-state index contributed by atoms with van der Waals surface area (Å²) in [5.74, 6) is -0.156. The van der Waals surface area contributed by atoms with Crippen molar-refractivity contribution in [1.82, 2.24) is 10.6 Å². The summed E-state index contributed by atoms with van der Waals surface area (Å²) in [6.07, 6.45) is -2.92. The second kappa shape index (κ2) is 13.6. The van der Waals surface area contributed by atoms with Crippen molar-refractivity contribution >= 4 is 18.0 Å². The fourth-order valence-electron chi connectivity index (χ4n) is 2.89. The van der Waals surface area contributed by atoms with E-state index >= 15 is 0 Å². The summed E-state index contributed by atoms with van der Waals surface area (Å²) in [6, 6.07) is 1.96. The van der Waals surface area contributed by atoms with E-state index in [1.165, 1.54) is 21.3 Å². The summed E-state index contributed by atoms with van der Waals surface area (Å²) < 4.78 is 26.3. The highest BCUT2D eigenvalue weighted by molar-refractivity contribution is 5.85. The van der Waals surface area contributed by atoms with Crippen molar-refractivity contribution in [2.75, 3.05) is 27.9 Å². The Morgan fingerprint density at radius 2 is 1.57 bits per heavy atom. The van der Waals surface area contributed by atoms with Crippen molar-refractivity contribution in [3.8, 4) is 17.2 Å². The number of benzene rings is 1. The molecule has 2 amide bonds. The van der Waals surface area contributed by atoms with Gasteiger partial charge in [0.25, 0.3) is 0 Å². The van der Waals surface area contributed by atoms with Gasteiger partial charge in [-0.05, 0) is 26.7 Å². The summed E-state index contributed by atoms with van der Waals surface area (Å²) in [5.41, 5.74) is -0.278. The van der Waals surface area contributed by atoms with E-state index in [-0.39, 0.29) is 19.1 Å². The minimum Gasteiger partial charge on any atom is -0.496 e. The van der Waals surface area contributed by atoms with Crippen LogP contribution >= 0.6 is 0 Å². The lowest BCUT2D eigenvalue weighted by atomic mass is 10.1. The zero-order valence-corrected chi connectivity index (χ0v) is 21.7. The number of nitrogens with one attached hydrogen (secondary N) is 2. The molecule has 11 heteroatoms. The van der Waals surface area contributed by atoms with E-state index in [1.807, 2.05) is 13.8 Å². The molecule has 0 aromatic heterocycles. The molecule has 0 fully saturated rings. The molecule has 1 rings (SSSR count). The van der Waals surface area contributed by atoms with Crippen molar-refractivity contribution in [2.45, 2.75) is 65.3 Å². The zero-order valence-electron chi connectivity index (χ0n) is 21.7. The van der Waals surface area contributed by atoms with Gasteiger partial charge in [0.05, 0.1) is 40.0 Å². The molecule has 2 atom stereocenters. The SMILES string of the molecule is COc1cc(OC)c(CNC(=O)C(O)CC(NC(=O)OC(C)(C)C)C(=O)OCC(C)C)c(OC)c1. The predicted molar refractivity (Wildman–Crippen MR) is 128 cm³/mol. The molecular weight excluding hydrogens is 460 g/mol. The Kier molecular flexibility index (Phi) is 11.6. The highest BCUT2D eigenvalue weighted by Gasteiger charge is 2.30. The monoisotopic (exact) mass is 498 g/mol. The second-order valence-corrected chi connectivity index (χ2v) is 9.20. The number of amides is 2. The van der Waals surface area contributed by atoms with E-state index in [0.29, 0.717) is 22.8 Å². The topological polar surface area (TPSA) is 142 Å². The number of hydrogen-bond donors (Lipinski definition) is 3. The Balaban J connectivity index is 2.93. The number of esters is 1. The van der Waals surface area contributed by atoms with Gasteiger partial charge in [-0.3, -0.25) is 4.79 Å². The molecule has 198 valence electrons. The van der Waals surface area contributed by atoms with Crippen molar-refractivity contribution in [3.05, 3.63) is 17.7 Å². The number of hydrogen-bond acceptors (Lipinski definition) is 9. The standard InChI is InChI=1S/C24H38N2O9/c1-14(2)13-34-22(29)17(26-23(30)35-24(3,4)5)11-18(27)21(28)25-12-16-19(32-7)9-15(31-6)10-20(16)33-8/h9-10,14,17-18,27H,11-13H2,1-8H3,(H,25,28)(H,26,30). The number of aliphatic hydroxyl groups is 1. The molecule has 0 saturated carbocycles. The molecule has 0 aliphatic carbocycles. The number of ether oxygens (including phenoxy) is 5. The average Bonchev–Trinajstić information content (AvgIpc) is 2.78. The summed E-state index contributed by atoms with van der Waals surface area (Å²) >= 11 is 0. The predicted octanol–water partition coefficient (Wildman–Crippen LogP) is 2.17. The summed E-state index contributed by atoms with van der Waals surface area (Å²) in [5, 5.41) is 15.4. The third kappa shape index (κ3) is 10.3. The number of rotatable bonds is 12. The molecule has 11 nitrogen and oxygen atoms in total. The molecule has 0 heterocycles. The Bertz CT molecular complexity index is 840. The zero-order chi connectivity index (χ0) is 26.8. The highest BCUT2D eigenvalue weighted by Crippen LogP contribution is 2.33. The third-order valence-corrected chi connectivity index (χ3v) is 4.55. The van der Waals surface area contributed by atoms with Gasteiger partial charge in [-0.25, -0.2) is 9.59 Å². The highest BCUT2D eigenvalue weighted by atomic mass is 16.6. The molecule has 0 aliphatic rings. The normalized spacial score (nSPS) is 12.9. The van der Waals surface area contributed by atoms with Crippen LogP contribution in [0.1, 0.15) is 46.6 Å². The fraction of sp³-hybridized carbons (Fsp3) is 0.625. The Labute approximate surface area is 206 Å². The van der Waals surface area contributed by atoms with Gasteiger partial charge in [0.1, 0.15) is 35.0 Å². The van der Waals surface area contributed by atoms with Crippen LogP contribution in [-0.4, -0.2) is 68.8 Å². The summed E-state index contributed by atoms with van der Waals surface area (Å²) in [7, 11) is 4.42. The first kappa shape index (κ1) is 29.8. The summed E-state index contributed by atoms with van der Waals surface area (Å²) in [6.45, 7) is 8.80. The Morgan fingerprint density at radius 1 is 1.00 bits per heavy atom. The van der Waals surface area contributed by atoms with E-state index in [0.717, 1.165) is 0 Å². The molecule has 0 aliphatic heterocycles. The number of aliphatic hydroxyl groups excluding tert-OH is 1. The van der Waals surface area contributed by atoms with Gasteiger partial charge >= 0.3 is 12.1 Å². The van der Waals surface area contributed by atoms with Crippen LogP contribution in [0.4, 0.5) is 4.79 Å². The van der Waals surface area contributed by atoms with Crippen LogP contribution in [-0.2, 0) is 25.6 Å². The molecule has 3 N–H and O–H groups in total. The van der Waals surface area contributed by atoms with Gasteiger partial charge in [0.15, 0.2) is 0 Å². The van der Waals surface area contributed by atoms with E-state index in [9.17, 15) is 19.5 Å². The second-order valence-electron chi connectivity index (χ2n) is 9.20. The van der Waals surface area contributed by atoms with Gasteiger partial charge in [-0.1, -0.05) is 13.8 Å². The molecule has 0 saturated heterocycles. The molecule has 0 bridgehead atoms. The largest absolute Gasteiger partial charge is 0.496 e. The van der Waals surface area contributed by atoms with Crippen molar-refractivity contribution < 1.29 is 43.2 Å². The van der Waals surface area contributed by atoms with Crippen molar-refractivity contribution in [3.63, 3.8) is 0 Å². The van der Waals surface area contributed by atoms with Gasteiger partial charge in [-0.15, -0.1) is 0 Å². The maximum Gasteiger partial charge on any atom is 0.408 e. The molecule has 35 heavy (non-hydrogen) atoms. The first-order valence-electron chi connectivity index (χ1n) is 11.2. The first-order chi connectivity index (χ1) is 16.3. The van der Waals surface area contributed by atoms with Crippen LogP contribution in [0.3, 0.4) is 0 Å². The van der Waals surface area contributed by atoms with Gasteiger partial charge in [-0.2, -0.15) is 0 Å². The Hall–Kier alpha value is -3.21. The summed E-state index contributed by atoms with van der Waals surface area (Å²) in [4.78, 5) is 37.4. The van der Waals surface area contributed by atoms with E-state index in [2.05, 4.69) is 10.6 Å². The minimum absolute atomic E-state index is 0.0335. The minimum atomic E-state index is -1.63. The lowest BCUT2D eigenvalue weighted by Gasteiger charge is -2.24. The molecule has 1 aromatic rings. The maximum absolute atomic E-state index is 12.6. The average molecular weight is 499 g/mol. The molecule has 2 unspecified atom stereocenters. The fourth-order valence-corrected chi connectivity index (χ4v) is 2.89. The third-order valence-electron chi connectivity index (χ3n) is 4.55. The van der Waals surface area contributed by atoms with E-state index in [1.54, 1.807) is 32.9 Å². The molecule has 0 radical (unpaired) electrons. The number of carbonyl (C=O) groups excluding carboxylic acids is 3. The molecule has 1 aromatic carbocycles. The molecular formula is C24H38N2O9. The van der Waals surface area contributed by atoms with E-state index < -0.39 is 42.1 Å². The number of carbonyl (C=O) groups is 3. The van der Waals surface area contributed by atoms with Crippen LogP contribution in [0.25, 0.3) is 0 Å². The van der Waals surface area contributed by atoms with Crippen LogP contribution in [0, 0.1) is 5.92 Å². The van der Waals surface area contributed by atoms with Crippen LogP contribution in [0.15, 0.2) is 12.1 Å². The van der Waals surface area contributed by atoms with Gasteiger partial charge in [0, 0.05) is 18.6 Å². The van der Waals surface area contributed by atoms with Crippen molar-refractivity contribution in [1.29, 1.82) is 0 Å². The lowest BCUT2D eigenvalue weighted by molar-refractivity contribution is -0.148. The van der Waals surface area contributed by atoms with Crippen LogP contribution < -0.4 is 24.8 Å². The molecule has 0 spiro atoms. The Morgan fingerprint density at radius 3 is 2.03 bits per heavy atom. The van der Waals surface area contributed by atoms with Crippen LogP contribution in [0.2, 0.25) is 0 Å². The van der Waals surface area contributed by atoms with Crippen LogP contribution in [0.5, 0.6) is 17.2 Å². The number of alkyl carbamates (subject to hydrolysis) is 1. The number of methoxy groups -OCH3 is 3. The smallest absolute Gasteiger partial charge is 0.408 e. The maximum atomic E-state index is 12.6. The van der Waals surface area contributed by atoms with Gasteiger partial charge < -0.3 is 39.4 Å². The first-order valence-corrected chi connectivity index (χ1v) is 11.2.